The molecule has 1 aromatic heterocycles. The molecular formula is C21H23FN4O2S. The summed E-state index contributed by atoms with van der Waals surface area (Å²) in [4.78, 5) is 4.53. The second-order valence-corrected chi connectivity index (χ2v) is 9.33. The van der Waals surface area contributed by atoms with Crippen LogP contribution >= 0.6 is 0 Å². The number of aryl methyl sites for hydroxylation is 2. The molecule has 2 aromatic carbocycles. The quantitative estimate of drug-likeness (QED) is 0.642. The molecule has 0 radical (unpaired) electrons. The van der Waals surface area contributed by atoms with Crippen molar-refractivity contribution in [1.29, 1.82) is 0 Å². The lowest BCUT2D eigenvalue weighted by molar-refractivity contribution is 0.320. The molecule has 0 bridgehead atoms. The number of halogens is 1. The van der Waals surface area contributed by atoms with Crippen LogP contribution in [0, 0.1) is 12.7 Å². The summed E-state index contributed by atoms with van der Waals surface area (Å²) in [5, 5.41) is 4.32. The van der Waals surface area contributed by atoms with Gasteiger partial charge in [-0.2, -0.15) is 9.40 Å². The molecule has 1 aliphatic rings. The molecule has 0 N–H and O–H groups in total. The Morgan fingerprint density at radius 3 is 2.38 bits per heavy atom. The third-order valence-corrected chi connectivity index (χ3v) is 7.33. The van der Waals surface area contributed by atoms with E-state index in [0.717, 1.165) is 11.1 Å². The average Bonchev–Trinajstić information content (AvgIpc) is 3.29. The zero-order valence-corrected chi connectivity index (χ0v) is 17.2. The second kappa shape index (κ2) is 7.68. The minimum absolute atomic E-state index is 0.260. The minimum atomic E-state index is -3.75. The van der Waals surface area contributed by atoms with E-state index in [0.29, 0.717) is 25.1 Å². The van der Waals surface area contributed by atoms with E-state index >= 15 is 0 Å². The maximum absolute atomic E-state index is 13.6. The van der Waals surface area contributed by atoms with Gasteiger partial charge in [0.2, 0.25) is 10.0 Å². The van der Waals surface area contributed by atoms with E-state index in [-0.39, 0.29) is 22.8 Å². The van der Waals surface area contributed by atoms with Gasteiger partial charge >= 0.3 is 0 Å². The van der Waals surface area contributed by atoms with Gasteiger partial charge in [-0.05, 0) is 49.6 Å². The first-order chi connectivity index (χ1) is 13.8. The summed E-state index contributed by atoms with van der Waals surface area (Å²) in [6, 6.07) is 12.3. The Kier molecular flexibility index (Phi) is 5.23. The number of benzene rings is 2. The van der Waals surface area contributed by atoms with E-state index in [1.807, 2.05) is 6.92 Å². The van der Waals surface area contributed by atoms with Crippen molar-refractivity contribution in [2.24, 2.45) is 7.05 Å². The smallest absolute Gasteiger partial charge is 0.243 e. The van der Waals surface area contributed by atoms with Gasteiger partial charge in [0, 0.05) is 19.5 Å². The standard InChI is InChI=1S/C21H23FN4O2S/c1-15-3-10-19(11-4-15)29(27,28)26-18(13-21-23-14-25(2)24-21)9-12-20(26)16-5-7-17(22)8-6-16/h3-8,10-11,14,18,20H,9,12-13H2,1-2H3. The van der Waals surface area contributed by atoms with Gasteiger partial charge in [-0.15, -0.1) is 0 Å². The fourth-order valence-electron chi connectivity index (χ4n) is 3.93. The molecule has 8 heteroatoms. The molecule has 0 spiro atoms. The lowest BCUT2D eigenvalue weighted by atomic mass is 10.1. The van der Waals surface area contributed by atoms with Crippen molar-refractivity contribution in [3.63, 3.8) is 0 Å². The van der Waals surface area contributed by atoms with E-state index < -0.39 is 10.0 Å². The predicted molar refractivity (Wildman–Crippen MR) is 107 cm³/mol. The van der Waals surface area contributed by atoms with Gasteiger partial charge in [0.25, 0.3) is 0 Å². The van der Waals surface area contributed by atoms with Gasteiger partial charge < -0.3 is 0 Å². The molecular weight excluding hydrogens is 391 g/mol. The summed E-state index contributed by atoms with van der Waals surface area (Å²) >= 11 is 0. The van der Waals surface area contributed by atoms with Crippen molar-refractivity contribution < 1.29 is 12.8 Å². The number of aromatic nitrogens is 3. The second-order valence-electron chi connectivity index (χ2n) is 7.49. The molecule has 4 rings (SSSR count). The molecule has 2 atom stereocenters. The molecule has 2 heterocycles. The summed E-state index contributed by atoms with van der Waals surface area (Å²) in [6.45, 7) is 1.92. The fourth-order valence-corrected chi connectivity index (χ4v) is 5.79. The van der Waals surface area contributed by atoms with Gasteiger partial charge in [0.05, 0.1) is 10.9 Å². The lowest BCUT2D eigenvalue weighted by Gasteiger charge is -2.29. The topological polar surface area (TPSA) is 68.1 Å². The molecule has 0 amide bonds. The van der Waals surface area contributed by atoms with Crippen LogP contribution in [0.25, 0.3) is 0 Å². The highest BCUT2D eigenvalue weighted by atomic mass is 32.2. The van der Waals surface area contributed by atoms with Crippen molar-refractivity contribution in [3.05, 3.63) is 77.6 Å². The third-order valence-electron chi connectivity index (χ3n) is 5.36. The first kappa shape index (κ1) is 19.7. The molecule has 0 saturated carbocycles. The van der Waals surface area contributed by atoms with Crippen molar-refractivity contribution in [3.8, 4) is 0 Å². The van der Waals surface area contributed by atoms with E-state index in [9.17, 15) is 12.8 Å². The zero-order chi connectivity index (χ0) is 20.6. The maximum atomic E-state index is 13.6. The van der Waals surface area contributed by atoms with Crippen LogP contribution in [0.1, 0.15) is 35.8 Å². The summed E-state index contributed by atoms with van der Waals surface area (Å²) < 4.78 is 43.8. The van der Waals surface area contributed by atoms with E-state index in [1.54, 1.807) is 58.8 Å². The van der Waals surface area contributed by atoms with Crippen LogP contribution in [0.15, 0.2) is 59.8 Å². The van der Waals surface area contributed by atoms with Crippen LogP contribution in [-0.2, 0) is 23.5 Å². The van der Waals surface area contributed by atoms with Crippen LogP contribution in [0.3, 0.4) is 0 Å². The molecule has 0 aliphatic carbocycles. The Balaban J connectivity index is 1.74. The van der Waals surface area contributed by atoms with Crippen LogP contribution in [0.5, 0.6) is 0 Å². The average molecular weight is 415 g/mol. The molecule has 1 saturated heterocycles. The third kappa shape index (κ3) is 3.95. The molecule has 2 unspecified atom stereocenters. The highest BCUT2D eigenvalue weighted by Crippen LogP contribution is 2.41. The van der Waals surface area contributed by atoms with Crippen molar-refractivity contribution in [1.82, 2.24) is 19.1 Å². The SMILES string of the molecule is Cc1ccc(S(=O)(=O)N2C(Cc3ncn(C)n3)CCC2c2ccc(F)cc2)cc1. The molecule has 29 heavy (non-hydrogen) atoms. The van der Waals surface area contributed by atoms with Crippen LogP contribution in [0.4, 0.5) is 4.39 Å². The molecule has 1 fully saturated rings. The number of rotatable bonds is 5. The minimum Gasteiger partial charge on any atom is -0.256 e. The fraction of sp³-hybridized carbons (Fsp3) is 0.333. The van der Waals surface area contributed by atoms with Crippen molar-refractivity contribution in [2.75, 3.05) is 0 Å². The number of hydrogen-bond acceptors (Lipinski definition) is 4. The summed E-state index contributed by atoms with van der Waals surface area (Å²) in [5.41, 5.74) is 1.79. The van der Waals surface area contributed by atoms with Crippen molar-refractivity contribution >= 4 is 10.0 Å². The molecule has 1 aliphatic heterocycles. The summed E-state index contributed by atoms with van der Waals surface area (Å²) in [5.74, 6) is 0.273. The number of nitrogens with zero attached hydrogens (tertiary/aromatic N) is 4. The van der Waals surface area contributed by atoms with Gasteiger partial charge in [-0.3, -0.25) is 4.68 Å². The predicted octanol–water partition coefficient (Wildman–Crippen LogP) is 3.40. The Labute approximate surface area is 170 Å². The van der Waals surface area contributed by atoms with E-state index in [1.165, 1.54) is 12.1 Å². The van der Waals surface area contributed by atoms with Gasteiger partial charge in [0.1, 0.15) is 12.1 Å². The Bertz CT molecular complexity index is 1090. The lowest BCUT2D eigenvalue weighted by Crippen LogP contribution is -2.38. The Hall–Kier alpha value is -2.58. The number of hydrogen-bond donors (Lipinski definition) is 0. The van der Waals surface area contributed by atoms with Gasteiger partial charge in [-0.25, -0.2) is 17.8 Å². The zero-order valence-electron chi connectivity index (χ0n) is 16.4. The van der Waals surface area contributed by atoms with Crippen LogP contribution in [-0.4, -0.2) is 33.5 Å². The van der Waals surface area contributed by atoms with Crippen molar-refractivity contribution in [2.45, 2.75) is 43.2 Å². The highest BCUT2D eigenvalue weighted by molar-refractivity contribution is 7.89. The molecule has 3 aromatic rings. The van der Waals surface area contributed by atoms with Gasteiger partial charge in [0.15, 0.2) is 5.82 Å². The summed E-state index contributed by atoms with van der Waals surface area (Å²) in [6.07, 6.45) is 3.39. The monoisotopic (exact) mass is 414 g/mol. The maximum Gasteiger partial charge on any atom is 0.243 e. The van der Waals surface area contributed by atoms with Crippen LogP contribution < -0.4 is 0 Å². The largest absolute Gasteiger partial charge is 0.256 e. The highest BCUT2D eigenvalue weighted by Gasteiger charge is 2.43. The van der Waals surface area contributed by atoms with E-state index in [2.05, 4.69) is 10.1 Å². The van der Waals surface area contributed by atoms with Crippen LogP contribution in [0.2, 0.25) is 0 Å². The van der Waals surface area contributed by atoms with E-state index in [4.69, 9.17) is 0 Å². The number of sulfonamides is 1. The molecule has 6 nitrogen and oxygen atoms in total. The Morgan fingerprint density at radius 2 is 1.76 bits per heavy atom. The first-order valence-electron chi connectivity index (χ1n) is 9.55. The Morgan fingerprint density at radius 1 is 1.07 bits per heavy atom. The van der Waals surface area contributed by atoms with Gasteiger partial charge in [-0.1, -0.05) is 29.8 Å². The molecule has 152 valence electrons. The first-order valence-corrected chi connectivity index (χ1v) is 11.0. The normalized spacial score (nSPS) is 20.2. The summed E-state index contributed by atoms with van der Waals surface area (Å²) in [7, 11) is -1.96.